The summed E-state index contributed by atoms with van der Waals surface area (Å²) in [6.07, 6.45) is -0.687. The molecule has 3 aromatic rings. The molecule has 3 rings (SSSR count). The molecule has 1 amide bonds. The molecule has 11 heteroatoms. The molecule has 0 aliphatic carbocycles. The van der Waals surface area contributed by atoms with Gasteiger partial charge in [0.25, 0.3) is 0 Å². The second-order valence-electron chi connectivity index (χ2n) is 8.04. The highest BCUT2D eigenvalue weighted by atomic mass is 32.2. The van der Waals surface area contributed by atoms with E-state index in [0.29, 0.717) is 11.1 Å². The van der Waals surface area contributed by atoms with E-state index in [1.54, 1.807) is 30.3 Å². The van der Waals surface area contributed by atoms with Gasteiger partial charge in [-0.15, -0.1) is 0 Å². The average Bonchev–Trinajstić information content (AvgIpc) is 2.81. The molecule has 0 saturated carbocycles. The predicted molar refractivity (Wildman–Crippen MR) is 130 cm³/mol. The van der Waals surface area contributed by atoms with Gasteiger partial charge in [0.1, 0.15) is 11.5 Å². The van der Waals surface area contributed by atoms with Crippen molar-refractivity contribution in [2.45, 2.75) is 25.6 Å². The number of halogens is 4. The van der Waals surface area contributed by atoms with Gasteiger partial charge in [-0.3, -0.25) is 9.52 Å². The van der Waals surface area contributed by atoms with Gasteiger partial charge in [-0.25, -0.2) is 17.8 Å². The van der Waals surface area contributed by atoms with E-state index < -0.39 is 39.5 Å². The first kappa shape index (κ1) is 26.9. The number of carbonyl (C=O) groups excluding carboxylic acids is 1. The van der Waals surface area contributed by atoms with Gasteiger partial charge in [0.2, 0.25) is 15.9 Å². The fourth-order valence-electron chi connectivity index (χ4n) is 3.26. The van der Waals surface area contributed by atoms with Crippen molar-refractivity contribution >= 4 is 33.8 Å². The Morgan fingerprint density at radius 1 is 1.06 bits per heavy atom. The third-order valence-electron chi connectivity index (χ3n) is 5.17. The molecular formula is C25H23F4N3O3S. The van der Waals surface area contributed by atoms with Gasteiger partial charge in [0.15, 0.2) is 0 Å². The number of rotatable bonds is 8. The van der Waals surface area contributed by atoms with Crippen LogP contribution in [0.5, 0.6) is 0 Å². The molecule has 36 heavy (non-hydrogen) atoms. The van der Waals surface area contributed by atoms with Crippen molar-refractivity contribution < 1.29 is 30.8 Å². The summed E-state index contributed by atoms with van der Waals surface area (Å²) < 4.78 is 78.6. The lowest BCUT2D eigenvalue weighted by molar-refractivity contribution is -0.141. The zero-order valence-electron chi connectivity index (χ0n) is 19.3. The SMILES string of the molecule is CC(C(=O)NCc1ccc(C(F)(F)F)nc1/C=C/c1ccccc1)c1ccc(NS(C)(=O)=O)c(F)c1. The molecule has 0 spiro atoms. The number of pyridine rings is 1. The second kappa shape index (κ2) is 10.9. The fraction of sp³-hybridized carbons (Fsp3) is 0.200. The third-order valence-corrected chi connectivity index (χ3v) is 5.76. The number of carbonyl (C=O) groups is 1. The summed E-state index contributed by atoms with van der Waals surface area (Å²) in [6.45, 7) is 1.41. The molecule has 0 radical (unpaired) electrons. The Balaban J connectivity index is 1.78. The molecule has 1 unspecified atom stereocenters. The Labute approximate surface area is 206 Å². The van der Waals surface area contributed by atoms with E-state index >= 15 is 0 Å². The molecule has 0 saturated heterocycles. The number of amides is 1. The maximum absolute atomic E-state index is 14.3. The molecule has 6 nitrogen and oxygen atoms in total. The number of nitrogens with zero attached hydrogens (tertiary/aromatic N) is 1. The number of aromatic nitrogens is 1. The van der Waals surface area contributed by atoms with Crippen molar-refractivity contribution in [3.05, 3.63) is 94.6 Å². The molecule has 0 aliphatic heterocycles. The van der Waals surface area contributed by atoms with Crippen molar-refractivity contribution in [3.8, 4) is 0 Å². The number of hydrogen-bond acceptors (Lipinski definition) is 4. The molecule has 2 N–H and O–H groups in total. The monoisotopic (exact) mass is 521 g/mol. The highest BCUT2D eigenvalue weighted by Gasteiger charge is 2.32. The summed E-state index contributed by atoms with van der Waals surface area (Å²) in [5.41, 5.74) is 0.143. The van der Waals surface area contributed by atoms with Crippen molar-refractivity contribution in [2.24, 2.45) is 0 Å². The second-order valence-corrected chi connectivity index (χ2v) is 9.78. The largest absolute Gasteiger partial charge is 0.433 e. The van der Waals surface area contributed by atoms with Crippen LogP contribution in [-0.2, 0) is 27.5 Å². The lowest BCUT2D eigenvalue weighted by Crippen LogP contribution is -2.28. The Kier molecular flexibility index (Phi) is 8.13. The minimum Gasteiger partial charge on any atom is -0.351 e. The van der Waals surface area contributed by atoms with Crippen molar-refractivity contribution in [3.63, 3.8) is 0 Å². The lowest BCUT2D eigenvalue weighted by atomic mass is 9.99. The van der Waals surface area contributed by atoms with Crippen molar-refractivity contribution in [2.75, 3.05) is 11.0 Å². The summed E-state index contributed by atoms with van der Waals surface area (Å²) >= 11 is 0. The van der Waals surface area contributed by atoms with Gasteiger partial charge in [0, 0.05) is 6.54 Å². The van der Waals surface area contributed by atoms with Crippen molar-refractivity contribution in [1.29, 1.82) is 0 Å². The van der Waals surface area contributed by atoms with E-state index in [1.807, 2.05) is 10.8 Å². The van der Waals surface area contributed by atoms with Crippen LogP contribution in [0.4, 0.5) is 23.2 Å². The smallest absolute Gasteiger partial charge is 0.351 e. The zero-order valence-corrected chi connectivity index (χ0v) is 20.1. The summed E-state index contributed by atoms with van der Waals surface area (Å²) in [7, 11) is -3.68. The van der Waals surface area contributed by atoms with Crippen LogP contribution < -0.4 is 10.0 Å². The quantitative estimate of drug-likeness (QED) is 0.399. The molecule has 0 bridgehead atoms. The van der Waals surface area contributed by atoms with E-state index in [4.69, 9.17) is 0 Å². The highest BCUT2D eigenvalue weighted by Crippen LogP contribution is 2.29. The Hall–Kier alpha value is -3.73. The number of benzene rings is 2. The normalized spacial score (nSPS) is 12.9. The van der Waals surface area contributed by atoms with E-state index in [9.17, 15) is 30.8 Å². The van der Waals surface area contributed by atoms with Gasteiger partial charge in [-0.1, -0.05) is 48.5 Å². The summed E-state index contributed by atoms with van der Waals surface area (Å²) in [6, 6.07) is 14.7. The summed E-state index contributed by atoms with van der Waals surface area (Å²) in [4.78, 5) is 16.4. The van der Waals surface area contributed by atoms with E-state index in [-0.39, 0.29) is 17.9 Å². The van der Waals surface area contributed by atoms with Crippen LogP contribution in [0.15, 0.2) is 60.7 Å². The number of anilines is 1. The molecule has 1 aromatic heterocycles. The van der Waals surface area contributed by atoms with Gasteiger partial charge in [0.05, 0.1) is 23.6 Å². The van der Waals surface area contributed by atoms with E-state index in [1.165, 1.54) is 31.2 Å². The number of alkyl halides is 3. The van der Waals surface area contributed by atoms with E-state index in [2.05, 4.69) is 10.3 Å². The number of sulfonamides is 1. The van der Waals surface area contributed by atoms with Crippen LogP contribution in [0.25, 0.3) is 12.2 Å². The topological polar surface area (TPSA) is 88.2 Å². The van der Waals surface area contributed by atoms with E-state index in [0.717, 1.165) is 24.0 Å². The molecule has 190 valence electrons. The minimum absolute atomic E-state index is 0.0453. The first-order valence-electron chi connectivity index (χ1n) is 10.7. The molecule has 1 atom stereocenters. The molecule has 0 fully saturated rings. The van der Waals surface area contributed by atoms with Crippen LogP contribution in [0.1, 0.15) is 40.9 Å². The summed E-state index contributed by atoms with van der Waals surface area (Å²) in [5.74, 6) is -2.17. The first-order chi connectivity index (χ1) is 16.8. The summed E-state index contributed by atoms with van der Waals surface area (Å²) in [5, 5.41) is 2.64. The van der Waals surface area contributed by atoms with Crippen LogP contribution >= 0.6 is 0 Å². The Morgan fingerprint density at radius 3 is 2.36 bits per heavy atom. The predicted octanol–water partition coefficient (Wildman–Crippen LogP) is 5.20. The highest BCUT2D eigenvalue weighted by molar-refractivity contribution is 7.92. The van der Waals surface area contributed by atoms with Crippen LogP contribution in [0, 0.1) is 5.82 Å². The van der Waals surface area contributed by atoms with Gasteiger partial charge < -0.3 is 5.32 Å². The average molecular weight is 522 g/mol. The zero-order chi connectivity index (χ0) is 26.5. The van der Waals surface area contributed by atoms with Crippen LogP contribution in [0.2, 0.25) is 0 Å². The van der Waals surface area contributed by atoms with Gasteiger partial charge in [-0.2, -0.15) is 13.2 Å². The number of hydrogen-bond donors (Lipinski definition) is 2. The lowest BCUT2D eigenvalue weighted by Gasteiger charge is -2.15. The molecule has 2 aromatic carbocycles. The Bertz CT molecular complexity index is 1380. The van der Waals surface area contributed by atoms with Crippen molar-refractivity contribution in [1.82, 2.24) is 10.3 Å². The number of nitrogens with one attached hydrogen (secondary N) is 2. The molecule has 0 aliphatic rings. The standard InChI is InChI=1S/C25H23F4N3O3S/c1-16(18-9-12-22(20(26)14-18)32-36(2,34)35)24(33)30-15-19-10-13-23(25(27,28)29)31-21(19)11-8-17-6-4-3-5-7-17/h3-14,16,32H,15H2,1-2H3,(H,30,33)/b11-8+. The third kappa shape index (κ3) is 7.38. The molecular weight excluding hydrogens is 498 g/mol. The van der Waals surface area contributed by atoms with Crippen LogP contribution in [-0.4, -0.2) is 25.6 Å². The fourth-order valence-corrected chi connectivity index (χ4v) is 3.83. The first-order valence-corrected chi connectivity index (χ1v) is 12.6. The maximum Gasteiger partial charge on any atom is 0.433 e. The minimum atomic E-state index is -4.63. The van der Waals surface area contributed by atoms with Gasteiger partial charge in [-0.05, 0) is 47.9 Å². The Morgan fingerprint density at radius 2 is 1.75 bits per heavy atom. The van der Waals surface area contributed by atoms with Gasteiger partial charge >= 0.3 is 6.18 Å². The maximum atomic E-state index is 14.3. The van der Waals surface area contributed by atoms with Crippen LogP contribution in [0.3, 0.4) is 0 Å². The molecule has 1 heterocycles.